The van der Waals surface area contributed by atoms with E-state index in [1.54, 1.807) is 0 Å². The largest absolute Gasteiger partial charge is 0.378 e. The van der Waals surface area contributed by atoms with Gasteiger partial charge in [0.15, 0.2) is 0 Å². The van der Waals surface area contributed by atoms with Gasteiger partial charge in [-0.25, -0.2) is 0 Å². The van der Waals surface area contributed by atoms with Gasteiger partial charge in [-0.05, 0) is 22.4 Å². The van der Waals surface area contributed by atoms with Crippen LogP contribution in [0.25, 0.3) is 10.8 Å². The van der Waals surface area contributed by atoms with Gasteiger partial charge in [0.1, 0.15) is 15.9 Å². The number of rotatable bonds is 2. The second-order valence-electron chi connectivity index (χ2n) is 6.75. The van der Waals surface area contributed by atoms with E-state index in [9.17, 15) is 10.1 Å². The summed E-state index contributed by atoms with van der Waals surface area (Å²) in [5.74, 6) is -0.0934. The highest BCUT2D eigenvalue weighted by molar-refractivity contribution is 7.18. The molecule has 0 spiro atoms. The lowest BCUT2D eigenvalue weighted by Crippen LogP contribution is -2.36. The van der Waals surface area contributed by atoms with Crippen molar-refractivity contribution in [2.24, 2.45) is 0 Å². The van der Waals surface area contributed by atoms with E-state index in [4.69, 9.17) is 4.74 Å². The van der Waals surface area contributed by atoms with Crippen LogP contribution in [0.1, 0.15) is 32.4 Å². The Labute approximate surface area is 160 Å². The molecular weight excluding hydrogens is 358 g/mol. The Balaban J connectivity index is 1.62. The van der Waals surface area contributed by atoms with E-state index < -0.39 is 0 Å². The van der Waals surface area contributed by atoms with Crippen LogP contribution in [0.4, 0.5) is 5.00 Å². The number of hydrogen-bond acceptors (Lipinski definition) is 5. The predicted octanol–water partition coefficient (Wildman–Crippen LogP) is 3.44. The SMILES string of the molecule is N#Cc1c(N2CCOCC2)sc2c1C(c1ccc3ccccc3c1)NC2=O. The van der Waals surface area contributed by atoms with Crippen LogP contribution in [-0.4, -0.2) is 32.2 Å². The van der Waals surface area contributed by atoms with Crippen molar-refractivity contribution in [3.05, 3.63) is 64.0 Å². The van der Waals surface area contributed by atoms with E-state index in [1.165, 1.54) is 11.3 Å². The third-order valence-electron chi connectivity index (χ3n) is 5.21. The second-order valence-corrected chi connectivity index (χ2v) is 7.75. The predicted molar refractivity (Wildman–Crippen MR) is 105 cm³/mol. The fourth-order valence-electron chi connectivity index (χ4n) is 3.88. The first-order chi connectivity index (χ1) is 13.3. The average molecular weight is 375 g/mol. The second kappa shape index (κ2) is 6.38. The van der Waals surface area contributed by atoms with Crippen molar-refractivity contribution < 1.29 is 9.53 Å². The summed E-state index contributed by atoms with van der Waals surface area (Å²) in [4.78, 5) is 15.4. The van der Waals surface area contributed by atoms with Crippen LogP contribution in [0.5, 0.6) is 0 Å². The van der Waals surface area contributed by atoms with Crippen LogP contribution in [0.15, 0.2) is 42.5 Å². The number of nitriles is 1. The summed E-state index contributed by atoms with van der Waals surface area (Å²) in [6.07, 6.45) is 0. The summed E-state index contributed by atoms with van der Waals surface area (Å²) >= 11 is 1.43. The van der Waals surface area contributed by atoms with E-state index in [1.807, 2.05) is 18.2 Å². The van der Waals surface area contributed by atoms with Crippen LogP contribution < -0.4 is 10.2 Å². The molecule has 5 rings (SSSR count). The Morgan fingerprint density at radius 2 is 1.93 bits per heavy atom. The topological polar surface area (TPSA) is 65.4 Å². The fraction of sp³-hybridized carbons (Fsp3) is 0.238. The van der Waals surface area contributed by atoms with Crippen LogP contribution in [0.2, 0.25) is 0 Å². The minimum atomic E-state index is -0.280. The number of hydrogen-bond donors (Lipinski definition) is 1. The normalized spacial score (nSPS) is 19.0. The minimum Gasteiger partial charge on any atom is -0.378 e. The van der Waals surface area contributed by atoms with Gasteiger partial charge in [-0.3, -0.25) is 4.79 Å². The van der Waals surface area contributed by atoms with Crippen LogP contribution in [0.3, 0.4) is 0 Å². The Morgan fingerprint density at radius 3 is 2.70 bits per heavy atom. The van der Waals surface area contributed by atoms with Gasteiger partial charge in [0.2, 0.25) is 0 Å². The number of nitrogens with one attached hydrogen (secondary N) is 1. The third-order valence-corrected chi connectivity index (χ3v) is 6.48. The van der Waals surface area contributed by atoms with Gasteiger partial charge in [0.05, 0.1) is 24.8 Å². The summed E-state index contributed by atoms with van der Waals surface area (Å²) in [6, 6.07) is 16.4. The van der Waals surface area contributed by atoms with Gasteiger partial charge in [-0.2, -0.15) is 5.26 Å². The number of carbonyl (C=O) groups excluding carboxylic acids is 1. The molecule has 6 heteroatoms. The summed E-state index contributed by atoms with van der Waals surface area (Å²) < 4.78 is 5.43. The van der Waals surface area contributed by atoms with Crippen LogP contribution in [-0.2, 0) is 4.74 Å². The monoisotopic (exact) mass is 375 g/mol. The maximum atomic E-state index is 12.6. The van der Waals surface area contributed by atoms with Crippen molar-refractivity contribution >= 4 is 33.0 Å². The first-order valence-corrected chi connectivity index (χ1v) is 9.77. The number of ether oxygens (including phenoxy) is 1. The zero-order valence-corrected chi connectivity index (χ0v) is 15.4. The molecule has 1 saturated heterocycles. The quantitative estimate of drug-likeness (QED) is 0.745. The molecule has 3 heterocycles. The molecule has 3 aromatic rings. The van der Waals surface area contributed by atoms with Crippen molar-refractivity contribution in [2.75, 3.05) is 31.2 Å². The van der Waals surface area contributed by atoms with Crippen molar-refractivity contribution in [1.82, 2.24) is 5.32 Å². The number of anilines is 1. The lowest BCUT2D eigenvalue weighted by Gasteiger charge is -2.28. The zero-order chi connectivity index (χ0) is 18.4. The Kier molecular flexibility index (Phi) is 3.85. The third kappa shape index (κ3) is 2.59. The summed E-state index contributed by atoms with van der Waals surface area (Å²) in [5, 5.41) is 16.1. The highest BCUT2D eigenvalue weighted by Gasteiger charge is 2.37. The van der Waals surface area contributed by atoms with Crippen molar-refractivity contribution in [3.8, 4) is 6.07 Å². The molecule has 2 aliphatic rings. The number of carbonyl (C=O) groups is 1. The van der Waals surface area contributed by atoms with E-state index in [2.05, 4.69) is 40.6 Å². The van der Waals surface area contributed by atoms with Gasteiger partial charge in [-0.15, -0.1) is 11.3 Å². The molecule has 1 amide bonds. The van der Waals surface area contributed by atoms with Crippen molar-refractivity contribution in [3.63, 3.8) is 0 Å². The number of thiophene rings is 1. The first-order valence-electron chi connectivity index (χ1n) is 8.95. The van der Waals surface area contributed by atoms with E-state index in [0.717, 1.165) is 40.0 Å². The fourth-order valence-corrected chi connectivity index (χ4v) is 5.12. The standard InChI is InChI=1S/C21H17N3O2S/c22-12-16-17-18(15-6-5-13-3-1-2-4-14(13)11-15)23-20(25)19(17)27-21(16)24-7-9-26-10-8-24/h1-6,11,18H,7-10H2,(H,23,25). The molecule has 27 heavy (non-hydrogen) atoms. The maximum Gasteiger partial charge on any atom is 0.262 e. The van der Waals surface area contributed by atoms with E-state index >= 15 is 0 Å². The van der Waals surface area contributed by atoms with Crippen molar-refractivity contribution in [1.29, 1.82) is 5.26 Å². The molecule has 134 valence electrons. The molecule has 0 radical (unpaired) electrons. The van der Waals surface area contributed by atoms with Gasteiger partial charge in [0.25, 0.3) is 5.91 Å². The molecule has 1 atom stereocenters. The Bertz CT molecular complexity index is 1090. The minimum absolute atomic E-state index is 0.0934. The molecular formula is C21H17N3O2S. The van der Waals surface area contributed by atoms with E-state index in [0.29, 0.717) is 23.7 Å². The van der Waals surface area contributed by atoms with E-state index in [-0.39, 0.29) is 11.9 Å². The molecule has 1 N–H and O–H groups in total. The molecule has 0 bridgehead atoms. The molecule has 1 fully saturated rings. The van der Waals surface area contributed by atoms with Crippen LogP contribution in [0, 0.1) is 11.3 Å². The molecule has 0 saturated carbocycles. The molecule has 2 aliphatic heterocycles. The van der Waals surface area contributed by atoms with Crippen molar-refractivity contribution in [2.45, 2.75) is 6.04 Å². The number of morpholine rings is 1. The number of nitrogens with zero attached hydrogens (tertiary/aromatic N) is 2. The summed E-state index contributed by atoms with van der Waals surface area (Å²) in [6.45, 7) is 2.79. The molecule has 1 unspecified atom stereocenters. The molecule has 5 nitrogen and oxygen atoms in total. The molecule has 2 aromatic carbocycles. The Hall–Kier alpha value is -2.88. The average Bonchev–Trinajstić information content (AvgIpc) is 3.26. The van der Waals surface area contributed by atoms with Gasteiger partial charge >= 0.3 is 0 Å². The van der Waals surface area contributed by atoms with Gasteiger partial charge in [0, 0.05) is 18.7 Å². The summed E-state index contributed by atoms with van der Waals surface area (Å²) in [5.41, 5.74) is 2.45. The Morgan fingerprint density at radius 1 is 1.15 bits per heavy atom. The lowest BCUT2D eigenvalue weighted by molar-refractivity contribution is 0.0963. The molecule has 1 aromatic heterocycles. The smallest absolute Gasteiger partial charge is 0.262 e. The van der Waals surface area contributed by atoms with Gasteiger partial charge < -0.3 is 15.0 Å². The zero-order valence-electron chi connectivity index (χ0n) is 14.6. The first kappa shape index (κ1) is 16.3. The summed E-state index contributed by atoms with van der Waals surface area (Å²) in [7, 11) is 0. The highest BCUT2D eigenvalue weighted by Crippen LogP contribution is 2.44. The number of amides is 1. The number of fused-ring (bicyclic) bond motifs is 2. The number of benzene rings is 2. The maximum absolute atomic E-state index is 12.6. The lowest BCUT2D eigenvalue weighted by atomic mass is 9.96. The van der Waals surface area contributed by atoms with Gasteiger partial charge in [-0.1, -0.05) is 36.4 Å². The van der Waals surface area contributed by atoms with Crippen LogP contribution >= 0.6 is 11.3 Å². The molecule has 0 aliphatic carbocycles. The highest BCUT2D eigenvalue weighted by atomic mass is 32.1.